The molecule has 17 heavy (non-hydrogen) atoms. The molecule has 84 valence electrons. The van der Waals surface area contributed by atoms with Crippen molar-refractivity contribution in [1.29, 1.82) is 0 Å². The predicted molar refractivity (Wildman–Crippen MR) is 63.6 cm³/mol. The lowest BCUT2D eigenvalue weighted by molar-refractivity contribution is 0.0696. The molecule has 0 amide bonds. The van der Waals surface area contributed by atoms with Crippen molar-refractivity contribution in [2.75, 3.05) is 0 Å². The SMILES string of the molecule is C=C(c1ccncc1)c1ncccc1C(=O)O. The summed E-state index contributed by atoms with van der Waals surface area (Å²) >= 11 is 0. The molecule has 0 unspecified atom stereocenters. The van der Waals surface area contributed by atoms with Gasteiger partial charge in [0, 0.05) is 24.2 Å². The molecule has 2 aromatic rings. The Kier molecular flexibility index (Phi) is 2.96. The first-order valence-corrected chi connectivity index (χ1v) is 4.98. The molecule has 4 heteroatoms. The number of pyridine rings is 2. The molecule has 2 rings (SSSR count). The number of aromatic nitrogens is 2. The van der Waals surface area contributed by atoms with Crippen LogP contribution in [0.4, 0.5) is 0 Å². The lowest BCUT2D eigenvalue weighted by atomic mass is 10.0. The standard InChI is InChI=1S/C13H10N2O2/c1-9(10-4-7-14-8-5-10)12-11(13(16)17)3-2-6-15-12/h2-8H,1H2,(H,16,17). The van der Waals surface area contributed by atoms with Gasteiger partial charge in [-0.05, 0) is 29.8 Å². The fourth-order valence-electron chi connectivity index (χ4n) is 1.51. The molecule has 2 heterocycles. The normalized spacial score (nSPS) is 9.88. The average molecular weight is 226 g/mol. The first-order chi connectivity index (χ1) is 8.20. The zero-order chi connectivity index (χ0) is 12.3. The Morgan fingerprint density at radius 3 is 2.53 bits per heavy atom. The quantitative estimate of drug-likeness (QED) is 0.871. The molecule has 0 aliphatic rings. The Hall–Kier alpha value is -2.49. The maximum atomic E-state index is 11.1. The van der Waals surface area contributed by atoms with Crippen LogP contribution < -0.4 is 0 Å². The van der Waals surface area contributed by atoms with Gasteiger partial charge in [0.1, 0.15) is 0 Å². The van der Waals surface area contributed by atoms with Crippen molar-refractivity contribution in [2.24, 2.45) is 0 Å². The van der Waals surface area contributed by atoms with Crippen LogP contribution in [0.15, 0.2) is 49.4 Å². The molecule has 2 aromatic heterocycles. The molecule has 1 N–H and O–H groups in total. The maximum absolute atomic E-state index is 11.1. The summed E-state index contributed by atoms with van der Waals surface area (Å²) < 4.78 is 0. The highest BCUT2D eigenvalue weighted by atomic mass is 16.4. The first kappa shape index (κ1) is 11.0. The second kappa shape index (κ2) is 4.57. The summed E-state index contributed by atoms with van der Waals surface area (Å²) in [5.74, 6) is -1.01. The molecule has 0 saturated heterocycles. The highest BCUT2D eigenvalue weighted by Gasteiger charge is 2.13. The van der Waals surface area contributed by atoms with Gasteiger partial charge in [-0.1, -0.05) is 6.58 Å². The molecule has 0 fully saturated rings. The highest BCUT2D eigenvalue weighted by molar-refractivity contribution is 5.95. The summed E-state index contributed by atoms with van der Waals surface area (Å²) in [7, 11) is 0. The van der Waals surface area contributed by atoms with Gasteiger partial charge in [0.2, 0.25) is 0 Å². The molecule has 0 atom stereocenters. The minimum atomic E-state index is -1.01. The molecule has 0 aliphatic carbocycles. The number of hydrogen-bond donors (Lipinski definition) is 1. The van der Waals surface area contributed by atoms with Gasteiger partial charge in [-0.15, -0.1) is 0 Å². The van der Waals surface area contributed by atoms with Gasteiger partial charge < -0.3 is 5.11 Å². The number of aromatic carboxylic acids is 1. The largest absolute Gasteiger partial charge is 0.478 e. The number of carbonyl (C=O) groups is 1. The number of nitrogens with zero attached hydrogens (tertiary/aromatic N) is 2. The molecule has 0 aliphatic heterocycles. The van der Waals surface area contributed by atoms with E-state index in [1.807, 2.05) is 0 Å². The van der Waals surface area contributed by atoms with Crippen LogP contribution in [0.1, 0.15) is 21.6 Å². The average Bonchev–Trinajstić information content (AvgIpc) is 2.39. The Morgan fingerprint density at radius 2 is 1.88 bits per heavy atom. The summed E-state index contributed by atoms with van der Waals surface area (Å²) in [6.45, 7) is 3.88. The van der Waals surface area contributed by atoms with Gasteiger partial charge >= 0.3 is 5.97 Å². The third kappa shape index (κ3) is 2.20. The van der Waals surface area contributed by atoms with Gasteiger partial charge in [0.05, 0.1) is 11.3 Å². The maximum Gasteiger partial charge on any atom is 0.337 e. The van der Waals surface area contributed by atoms with E-state index < -0.39 is 5.97 Å². The first-order valence-electron chi connectivity index (χ1n) is 4.98. The van der Waals surface area contributed by atoms with Crippen LogP contribution in [-0.4, -0.2) is 21.0 Å². The van der Waals surface area contributed by atoms with E-state index >= 15 is 0 Å². The smallest absolute Gasteiger partial charge is 0.337 e. The summed E-state index contributed by atoms with van der Waals surface area (Å²) in [6, 6.07) is 6.63. The molecule has 4 nitrogen and oxygen atoms in total. The third-order valence-corrected chi connectivity index (χ3v) is 2.35. The number of carboxylic acid groups (broad SMARTS) is 1. The van der Waals surface area contributed by atoms with Crippen LogP contribution >= 0.6 is 0 Å². The van der Waals surface area contributed by atoms with Crippen molar-refractivity contribution in [3.8, 4) is 0 Å². The fraction of sp³-hybridized carbons (Fsp3) is 0. The summed E-state index contributed by atoms with van der Waals surface area (Å²) in [5, 5.41) is 9.07. The van der Waals surface area contributed by atoms with Crippen molar-refractivity contribution in [2.45, 2.75) is 0 Å². The van der Waals surface area contributed by atoms with E-state index in [1.165, 1.54) is 6.07 Å². The molecule has 0 aromatic carbocycles. The minimum absolute atomic E-state index is 0.148. The van der Waals surface area contributed by atoms with E-state index in [0.717, 1.165) is 5.56 Å². The molecule has 0 saturated carbocycles. The zero-order valence-electron chi connectivity index (χ0n) is 9.00. The lowest BCUT2D eigenvalue weighted by Gasteiger charge is -2.07. The van der Waals surface area contributed by atoms with Crippen LogP contribution in [-0.2, 0) is 0 Å². The topological polar surface area (TPSA) is 63.1 Å². The summed E-state index contributed by atoms with van der Waals surface area (Å²) in [6.07, 6.45) is 4.81. The van der Waals surface area contributed by atoms with Crippen LogP contribution in [0.5, 0.6) is 0 Å². The van der Waals surface area contributed by atoms with Gasteiger partial charge in [-0.2, -0.15) is 0 Å². The molecule has 0 bridgehead atoms. The molecule has 0 radical (unpaired) electrons. The van der Waals surface area contributed by atoms with Crippen molar-refractivity contribution in [3.05, 3.63) is 66.3 Å². The Bertz CT molecular complexity index is 565. The van der Waals surface area contributed by atoms with Crippen LogP contribution in [0.2, 0.25) is 0 Å². The van der Waals surface area contributed by atoms with Gasteiger partial charge in [-0.3, -0.25) is 9.97 Å². The second-order valence-electron chi connectivity index (χ2n) is 3.42. The van der Waals surface area contributed by atoms with Crippen LogP contribution in [0.3, 0.4) is 0 Å². The Morgan fingerprint density at radius 1 is 1.18 bits per heavy atom. The van der Waals surface area contributed by atoms with Crippen LogP contribution in [0, 0.1) is 0 Å². The third-order valence-electron chi connectivity index (χ3n) is 2.35. The van der Waals surface area contributed by atoms with Gasteiger partial charge in [-0.25, -0.2) is 4.79 Å². The molecule has 0 spiro atoms. The molecular weight excluding hydrogens is 216 g/mol. The lowest BCUT2D eigenvalue weighted by Crippen LogP contribution is -2.04. The highest BCUT2D eigenvalue weighted by Crippen LogP contribution is 2.21. The Labute approximate surface area is 98.3 Å². The molecular formula is C13H10N2O2. The van der Waals surface area contributed by atoms with E-state index in [0.29, 0.717) is 11.3 Å². The van der Waals surface area contributed by atoms with Crippen molar-refractivity contribution >= 4 is 11.5 Å². The van der Waals surface area contributed by atoms with Crippen molar-refractivity contribution < 1.29 is 9.90 Å². The van der Waals surface area contributed by atoms with Gasteiger partial charge in [0.25, 0.3) is 0 Å². The number of rotatable bonds is 3. The van der Waals surface area contributed by atoms with Crippen molar-refractivity contribution in [1.82, 2.24) is 9.97 Å². The minimum Gasteiger partial charge on any atom is -0.478 e. The number of hydrogen-bond acceptors (Lipinski definition) is 3. The van der Waals surface area contributed by atoms with E-state index in [-0.39, 0.29) is 5.56 Å². The fourth-order valence-corrected chi connectivity index (χ4v) is 1.51. The Balaban J connectivity index is 2.48. The predicted octanol–water partition coefficient (Wildman–Crippen LogP) is 2.24. The second-order valence-corrected chi connectivity index (χ2v) is 3.42. The van der Waals surface area contributed by atoms with Gasteiger partial charge in [0.15, 0.2) is 0 Å². The van der Waals surface area contributed by atoms with Crippen LogP contribution in [0.25, 0.3) is 5.57 Å². The zero-order valence-corrected chi connectivity index (χ0v) is 9.00. The van der Waals surface area contributed by atoms with E-state index in [2.05, 4.69) is 16.5 Å². The summed E-state index contributed by atoms with van der Waals surface area (Å²) in [4.78, 5) is 19.0. The van der Waals surface area contributed by atoms with E-state index in [9.17, 15) is 4.79 Å². The number of carboxylic acids is 1. The van der Waals surface area contributed by atoms with Crippen molar-refractivity contribution in [3.63, 3.8) is 0 Å². The van der Waals surface area contributed by atoms with E-state index in [4.69, 9.17) is 5.11 Å². The van der Waals surface area contributed by atoms with E-state index in [1.54, 1.807) is 36.8 Å². The summed E-state index contributed by atoms with van der Waals surface area (Å²) in [5.41, 5.74) is 1.91. The monoisotopic (exact) mass is 226 g/mol.